The number of nitrogens with one attached hydrogen (secondary N) is 2. The number of nitrogens with zero attached hydrogens (tertiary/aromatic N) is 2. The highest BCUT2D eigenvalue weighted by atomic mass is 32.1. The largest absolute Gasteiger partial charge is 0.344 e. The van der Waals surface area contributed by atoms with Crippen LogP contribution in [0, 0.1) is 0 Å². The van der Waals surface area contributed by atoms with E-state index in [2.05, 4.69) is 108 Å². The van der Waals surface area contributed by atoms with E-state index in [1.165, 1.54) is 0 Å². The summed E-state index contributed by atoms with van der Waals surface area (Å²) in [5.41, 5.74) is 8.22. The molecular weight excluding hydrogens is 480 g/mol. The monoisotopic (exact) mass is 500 g/mol. The summed E-state index contributed by atoms with van der Waals surface area (Å²) in [6.45, 7) is 0. The summed E-state index contributed by atoms with van der Waals surface area (Å²) >= 11 is 3.42. The SMILES string of the molecule is C1=Cc2nc1ccc1sc(c3nc(ccc4sc2NC=4c2ccccc2)C=C3)NC=1c1ccccc1. The third-order valence-electron chi connectivity index (χ3n) is 6.12. The number of fused-ring (bicyclic) bond motifs is 10. The van der Waals surface area contributed by atoms with E-state index in [0.717, 1.165) is 64.4 Å². The molecule has 7 rings (SSSR count). The standard InChI is InChI=1S/C30H20N4S2/c1-3-7-19(8-4-1)27-25-17-13-21-12-16-24(32-21)30-34-28(20-9-5-2-6-10-20)26(36-30)18-14-22-11-15-23(31-22)29(33-27)35-25/h1-18,33-34H. The Kier molecular flexibility index (Phi) is 5.12. The molecule has 4 aliphatic rings. The Morgan fingerprint density at radius 2 is 0.917 bits per heavy atom. The van der Waals surface area contributed by atoms with Crippen molar-refractivity contribution in [3.63, 3.8) is 0 Å². The summed E-state index contributed by atoms with van der Waals surface area (Å²) in [4.78, 5) is 9.82. The second kappa shape index (κ2) is 8.75. The highest BCUT2D eigenvalue weighted by Crippen LogP contribution is 2.30. The molecule has 2 N–H and O–H groups in total. The first-order valence-corrected chi connectivity index (χ1v) is 13.3. The highest BCUT2D eigenvalue weighted by Gasteiger charge is 2.16. The average molecular weight is 501 g/mol. The summed E-state index contributed by atoms with van der Waals surface area (Å²) in [6.07, 6.45) is 8.30. The predicted octanol–water partition coefficient (Wildman–Crippen LogP) is 6.10. The topological polar surface area (TPSA) is 49.8 Å². The molecule has 8 bridgehead atoms. The summed E-state index contributed by atoms with van der Waals surface area (Å²) in [6, 6.07) is 29.3. The van der Waals surface area contributed by atoms with Crippen LogP contribution in [0.5, 0.6) is 0 Å². The molecule has 0 amide bonds. The molecule has 5 heterocycles. The smallest absolute Gasteiger partial charge is 0.120 e. The van der Waals surface area contributed by atoms with Crippen LogP contribution in [0.1, 0.15) is 33.9 Å². The first-order chi connectivity index (χ1) is 17.8. The normalized spacial score (nSPS) is 13.7. The van der Waals surface area contributed by atoms with Crippen LogP contribution in [0.2, 0.25) is 0 Å². The summed E-state index contributed by atoms with van der Waals surface area (Å²) < 4.78 is 2.29. The van der Waals surface area contributed by atoms with E-state index in [4.69, 9.17) is 9.97 Å². The van der Waals surface area contributed by atoms with Crippen LogP contribution >= 0.6 is 22.7 Å². The van der Waals surface area contributed by atoms with Crippen molar-refractivity contribution >= 4 is 68.4 Å². The van der Waals surface area contributed by atoms with E-state index in [9.17, 15) is 0 Å². The molecular formula is C30H20N4S2. The van der Waals surface area contributed by atoms with Gasteiger partial charge in [-0.2, -0.15) is 0 Å². The van der Waals surface area contributed by atoms with E-state index in [-0.39, 0.29) is 0 Å². The molecule has 36 heavy (non-hydrogen) atoms. The van der Waals surface area contributed by atoms with E-state index in [0.29, 0.717) is 0 Å². The van der Waals surface area contributed by atoms with Gasteiger partial charge in [0.25, 0.3) is 0 Å². The van der Waals surface area contributed by atoms with E-state index in [1.807, 2.05) is 12.1 Å². The summed E-state index contributed by atoms with van der Waals surface area (Å²) in [5, 5.41) is 9.32. The molecule has 0 radical (unpaired) electrons. The second-order valence-electron chi connectivity index (χ2n) is 8.50. The van der Waals surface area contributed by atoms with E-state index >= 15 is 0 Å². The zero-order chi connectivity index (χ0) is 23.9. The third kappa shape index (κ3) is 3.86. The van der Waals surface area contributed by atoms with Gasteiger partial charge in [0.15, 0.2) is 0 Å². The van der Waals surface area contributed by atoms with Gasteiger partial charge in [-0.1, -0.05) is 60.7 Å². The van der Waals surface area contributed by atoms with Crippen molar-refractivity contribution in [2.24, 2.45) is 0 Å². The van der Waals surface area contributed by atoms with Crippen molar-refractivity contribution < 1.29 is 0 Å². The molecule has 6 heteroatoms. The second-order valence-corrected chi connectivity index (χ2v) is 10.6. The Labute approximate surface area is 216 Å². The molecule has 1 aromatic heterocycles. The molecule has 0 aliphatic carbocycles. The van der Waals surface area contributed by atoms with E-state index < -0.39 is 0 Å². The van der Waals surface area contributed by atoms with Gasteiger partial charge in [0.05, 0.1) is 43.2 Å². The number of rotatable bonds is 2. The molecule has 0 saturated heterocycles. The van der Waals surface area contributed by atoms with Gasteiger partial charge in [0.2, 0.25) is 0 Å². The minimum atomic E-state index is 0.930. The Hall–Kier alpha value is -4.26. The molecule has 2 aromatic carbocycles. The Morgan fingerprint density at radius 3 is 1.36 bits per heavy atom. The molecule has 0 spiro atoms. The van der Waals surface area contributed by atoms with Gasteiger partial charge in [-0.25, -0.2) is 9.97 Å². The van der Waals surface area contributed by atoms with Crippen molar-refractivity contribution in [1.29, 1.82) is 0 Å². The number of benzene rings is 2. The molecule has 172 valence electrons. The number of anilines is 2. The van der Waals surface area contributed by atoms with Crippen molar-refractivity contribution in [3.05, 3.63) is 128 Å². The van der Waals surface area contributed by atoms with E-state index in [1.54, 1.807) is 22.7 Å². The Morgan fingerprint density at radius 1 is 0.472 bits per heavy atom. The fourth-order valence-corrected chi connectivity index (χ4v) is 6.34. The van der Waals surface area contributed by atoms with Crippen LogP contribution in [0.25, 0.3) is 35.7 Å². The van der Waals surface area contributed by atoms with Crippen LogP contribution in [0.4, 0.5) is 10.0 Å². The van der Waals surface area contributed by atoms with Gasteiger partial charge < -0.3 is 10.6 Å². The van der Waals surface area contributed by atoms with Crippen molar-refractivity contribution in [2.75, 3.05) is 10.6 Å². The summed E-state index contributed by atoms with van der Waals surface area (Å²) in [7, 11) is 0. The first kappa shape index (κ1) is 21.1. The number of hydrogen-bond donors (Lipinski definition) is 2. The molecule has 0 saturated carbocycles. The fraction of sp³-hybridized carbons (Fsp3) is 0. The maximum Gasteiger partial charge on any atom is 0.120 e. The lowest BCUT2D eigenvalue weighted by Crippen LogP contribution is -2.05. The molecule has 4 aliphatic heterocycles. The van der Waals surface area contributed by atoms with Gasteiger partial charge >= 0.3 is 0 Å². The van der Waals surface area contributed by atoms with Gasteiger partial charge in [-0.05, 0) is 59.7 Å². The van der Waals surface area contributed by atoms with Gasteiger partial charge in [-0.3, -0.25) is 0 Å². The Balaban J connectivity index is 1.49. The lowest BCUT2D eigenvalue weighted by atomic mass is 10.1. The van der Waals surface area contributed by atoms with Crippen LogP contribution in [-0.2, 0) is 0 Å². The third-order valence-corrected chi connectivity index (χ3v) is 8.27. The molecule has 3 aromatic rings. The molecule has 4 nitrogen and oxygen atoms in total. The van der Waals surface area contributed by atoms with Crippen molar-refractivity contribution in [2.45, 2.75) is 0 Å². The molecule has 0 atom stereocenters. The predicted molar refractivity (Wildman–Crippen MR) is 153 cm³/mol. The minimum Gasteiger partial charge on any atom is -0.344 e. The highest BCUT2D eigenvalue weighted by molar-refractivity contribution is 7.15. The van der Waals surface area contributed by atoms with Crippen LogP contribution in [0.15, 0.2) is 84.9 Å². The Bertz CT molecular complexity index is 1640. The average Bonchev–Trinajstić information content (AvgIpc) is 3.72. The summed E-state index contributed by atoms with van der Waals surface area (Å²) in [5.74, 6) is 0. The molecule has 0 unspecified atom stereocenters. The maximum absolute atomic E-state index is 4.91. The van der Waals surface area contributed by atoms with Crippen LogP contribution in [0.3, 0.4) is 0 Å². The first-order valence-electron chi connectivity index (χ1n) is 11.7. The van der Waals surface area contributed by atoms with Gasteiger partial charge in [-0.15, -0.1) is 22.7 Å². The number of aromatic nitrogens is 2. The quantitative estimate of drug-likeness (QED) is 0.307. The zero-order valence-corrected chi connectivity index (χ0v) is 20.7. The van der Waals surface area contributed by atoms with Gasteiger partial charge in [0, 0.05) is 0 Å². The van der Waals surface area contributed by atoms with Crippen LogP contribution in [-0.4, -0.2) is 9.97 Å². The lowest BCUT2D eigenvalue weighted by molar-refractivity contribution is 1.32. The fourth-order valence-electron chi connectivity index (χ4n) is 4.35. The van der Waals surface area contributed by atoms with Crippen molar-refractivity contribution in [1.82, 2.24) is 9.97 Å². The van der Waals surface area contributed by atoms with Crippen molar-refractivity contribution in [3.8, 4) is 0 Å². The van der Waals surface area contributed by atoms with Gasteiger partial charge in [0.1, 0.15) is 10.0 Å². The lowest BCUT2D eigenvalue weighted by Gasteiger charge is -2.05. The molecule has 0 fully saturated rings. The minimum absolute atomic E-state index is 0.930. The number of hydrogen-bond acceptors (Lipinski definition) is 6. The van der Waals surface area contributed by atoms with Crippen LogP contribution < -0.4 is 19.7 Å². The maximum atomic E-state index is 4.91. The zero-order valence-electron chi connectivity index (χ0n) is 19.1.